The second-order valence-corrected chi connectivity index (χ2v) is 4.77. The Morgan fingerprint density at radius 1 is 1.40 bits per heavy atom. The van der Waals surface area contributed by atoms with E-state index in [1.54, 1.807) is 0 Å². The molecule has 1 aromatic rings. The average molecular weight is 239 g/mol. The Hall–Kier alpha value is -0.540. The van der Waals surface area contributed by atoms with Crippen LogP contribution in [0.5, 0.6) is 0 Å². The predicted octanol–water partition coefficient (Wildman–Crippen LogP) is 3.73. The van der Waals surface area contributed by atoms with Crippen molar-refractivity contribution in [3.8, 4) is 0 Å². The fraction of sp³-hybridized carbons (Fsp3) is 0.417. The monoisotopic (exact) mass is 239 g/mol. The van der Waals surface area contributed by atoms with Gasteiger partial charge in [-0.05, 0) is 37.5 Å². The molecule has 0 atom stereocenters. The van der Waals surface area contributed by atoms with Gasteiger partial charge in [0.25, 0.3) is 0 Å². The van der Waals surface area contributed by atoms with Gasteiger partial charge in [0.05, 0.1) is 0 Å². The first-order valence-corrected chi connectivity index (χ1v) is 6.00. The molecular formula is C12H17NS2. The molecular weight excluding hydrogens is 222 g/mol. The van der Waals surface area contributed by atoms with Crippen LogP contribution in [0.1, 0.15) is 24.5 Å². The molecule has 3 heteroatoms. The second kappa shape index (κ2) is 5.52. The van der Waals surface area contributed by atoms with E-state index in [-0.39, 0.29) is 0 Å². The van der Waals surface area contributed by atoms with Crippen molar-refractivity contribution in [2.45, 2.75) is 27.2 Å². The minimum absolute atomic E-state index is 0.644. The Bertz CT molecular complexity index is 361. The van der Waals surface area contributed by atoms with E-state index in [0.717, 1.165) is 13.0 Å². The Morgan fingerprint density at radius 3 is 2.60 bits per heavy atom. The van der Waals surface area contributed by atoms with Crippen LogP contribution in [0.15, 0.2) is 18.2 Å². The molecule has 0 unspecified atom stereocenters. The van der Waals surface area contributed by atoms with Gasteiger partial charge in [-0.3, -0.25) is 0 Å². The topological polar surface area (TPSA) is 3.24 Å². The Kier molecular flexibility index (Phi) is 4.61. The molecule has 0 saturated carbocycles. The van der Waals surface area contributed by atoms with Gasteiger partial charge in [-0.2, -0.15) is 0 Å². The zero-order valence-corrected chi connectivity index (χ0v) is 11.2. The normalized spacial score (nSPS) is 10.1. The van der Waals surface area contributed by atoms with Crippen molar-refractivity contribution >= 4 is 34.9 Å². The van der Waals surface area contributed by atoms with E-state index in [4.69, 9.17) is 12.2 Å². The van der Waals surface area contributed by atoms with Crippen LogP contribution in [0.4, 0.5) is 5.69 Å². The summed E-state index contributed by atoms with van der Waals surface area (Å²) in [6.07, 6.45) is 1.06. The number of thiol groups is 1. The zero-order chi connectivity index (χ0) is 11.4. The zero-order valence-electron chi connectivity index (χ0n) is 9.45. The SMILES string of the molecule is CCCN(C(=S)S)c1cccc(C)c1C. The highest BCUT2D eigenvalue weighted by Gasteiger charge is 2.11. The van der Waals surface area contributed by atoms with E-state index >= 15 is 0 Å². The lowest BCUT2D eigenvalue weighted by Gasteiger charge is -2.24. The molecule has 82 valence electrons. The molecule has 1 nitrogen and oxygen atoms in total. The molecule has 0 aliphatic heterocycles. The summed E-state index contributed by atoms with van der Waals surface area (Å²) in [6, 6.07) is 6.28. The van der Waals surface area contributed by atoms with Crippen molar-refractivity contribution in [1.29, 1.82) is 0 Å². The number of aryl methyl sites for hydroxylation is 1. The predicted molar refractivity (Wildman–Crippen MR) is 75.1 cm³/mol. The summed E-state index contributed by atoms with van der Waals surface area (Å²) in [4.78, 5) is 2.08. The van der Waals surface area contributed by atoms with Crippen LogP contribution in [0, 0.1) is 13.8 Å². The van der Waals surface area contributed by atoms with Crippen LogP contribution in [0.2, 0.25) is 0 Å². The fourth-order valence-corrected chi connectivity index (χ4v) is 1.97. The Labute approximate surface area is 103 Å². The molecule has 0 heterocycles. The fourth-order valence-electron chi connectivity index (χ4n) is 1.57. The van der Waals surface area contributed by atoms with Crippen LogP contribution >= 0.6 is 24.8 Å². The molecule has 0 bridgehead atoms. The molecule has 0 radical (unpaired) electrons. The molecule has 0 fully saturated rings. The van der Waals surface area contributed by atoms with Crippen molar-refractivity contribution in [3.63, 3.8) is 0 Å². The number of hydrogen-bond acceptors (Lipinski definition) is 1. The van der Waals surface area contributed by atoms with E-state index in [1.165, 1.54) is 16.8 Å². The summed E-state index contributed by atoms with van der Waals surface area (Å²) < 4.78 is 0.644. The minimum atomic E-state index is 0.644. The molecule has 0 spiro atoms. The summed E-state index contributed by atoms with van der Waals surface area (Å²) in [5, 5.41) is 0. The van der Waals surface area contributed by atoms with Crippen LogP contribution in [0.3, 0.4) is 0 Å². The first-order valence-electron chi connectivity index (χ1n) is 5.14. The number of benzene rings is 1. The van der Waals surface area contributed by atoms with E-state index < -0.39 is 0 Å². The van der Waals surface area contributed by atoms with E-state index in [0.29, 0.717) is 4.32 Å². The van der Waals surface area contributed by atoms with E-state index in [9.17, 15) is 0 Å². The third-order valence-electron chi connectivity index (χ3n) is 2.54. The van der Waals surface area contributed by atoms with Gasteiger partial charge in [-0.15, -0.1) is 12.6 Å². The van der Waals surface area contributed by atoms with Gasteiger partial charge < -0.3 is 4.90 Å². The summed E-state index contributed by atoms with van der Waals surface area (Å²) in [5.41, 5.74) is 3.75. The maximum Gasteiger partial charge on any atom is 0.137 e. The van der Waals surface area contributed by atoms with Crippen molar-refractivity contribution in [1.82, 2.24) is 0 Å². The van der Waals surface area contributed by atoms with Gasteiger partial charge in [0, 0.05) is 12.2 Å². The molecule has 1 aromatic carbocycles. The van der Waals surface area contributed by atoms with E-state index in [1.807, 2.05) is 0 Å². The molecule has 0 amide bonds. The largest absolute Gasteiger partial charge is 0.327 e. The number of nitrogens with zero attached hydrogens (tertiary/aromatic N) is 1. The number of anilines is 1. The van der Waals surface area contributed by atoms with Crippen LogP contribution in [-0.4, -0.2) is 10.9 Å². The third kappa shape index (κ3) is 2.95. The Morgan fingerprint density at radius 2 is 2.07 bits per heavy atom. The highest BCUT2D eigenvalue weighted by molar-refractivity contribution is 8.11. The minimum Gasteiger partial charge on any atom is -0.327 e. The number of thiocarbonyl (C=S) groups is 1. The second-order valence-electron chi connectivity index (χ2n) is 3.65. The van der Waals surface area contributed by atoms with Gasteiger partial charge in [0.2, 0.25) is 0 Å². The van der Waals surface area contributed by atoms with Gasteiger partial charge in [0.15, 0.2) is 0 Å². The number of hydrogen-bond donors (Lipinski definition) is 1. The van der Waals surface area contributed by atoms with Crippen LogP contribution in [-0.2, 0) is 0 Å². The lowest BCUT2D eigenvalue weighted by Crippen LogP contribution is -2.27. The first kappa shape index (κ1) is 12.5. The van der Waals surface area contributed by atoms with Crippen LogP contribution in [0.25, 0.3) is 0 Å². The molecule has 0 aliphatic rings. The summed E-state index contributed by atoms with van der Waals surface area (Å²) in [7, 11) is 0. The van der Waals surface area contributed by atoms with Gasteiger partial charge in [0.1, 0.15) is 4.32 Å². The van der Waals surface area contributed by atoms with Crippen molar-refractivity contribution in [2.75, 3.05) is 11.4 Å². The molecule has 0 saturated heterocycles. The smallest absolute Gasteiger partial charge is 0.137 e. The molecule has 0 aliphatic carbocycles. The summed E-state index contributed by atoms with van der Waals surface area (Å²) >= 11 is 9.43. The third-order valence-corrected chi connectivity index (χ3v) is 3.01. The van der Waals surface area contributed by atoms with E-state index in [2.05, 4.69) is 56.5 Å². The Balaban J connectivity index is 3.11. The summed E-state index contributed by atoms with van der Waals surface area (Å²) in [5.74, 6) is 0. The van der Waals surface area contributed by atoms with Gasteiger partial charge in [-0.25, -0.2) is 0 Å². The molecule has 1 rings (SSSR count). The molecule has 0 aromatic heterocycles. The molecule has 0 N–H and O–H groups in total. The van der Waals surface area contributed by atoms with Crippen molar-refractivity contribution in [3.05, 3.63) is 29.3 Å². The highest BCUT2D eigenvalue weighted by Crippen LogP contribution is 2.24. The average Bonchev–Trinajstić information content (AvgIpc) is 2.19. The lowest BCUT2D eigenvalue weighted by molar-refractivity contribution is 0.910. The maximum atomic E-state index is 5.16. The number of rotatable bonds is 3. The van der Waals surface area contributed by atoms with Crippen molar-refractivity contribution < 1.29 is 0 Å². The van der Waals surface area contributed by atoms with Crippen LogP contribution < -0.4 is 4.90 Å². The quantitative estimate of drug-likeness (QED) is 0.632. The highest BCUT2D eigenvalue weighted by atomic mass is 32.1. The first-order chi connectivity index (χ1) is 7.07. The maximum absolute atomic E-state index is 5.16. The standard InChI is InChI=1S/C12H17NS2/c1-4-8-13(12(14)15)11-7-5-6-9(2)10(11)3/h5-7H,4,8H2,1-3H3,(H,14,15). The lowest BCUT2D eigenvalue weighted by atomic mass is 10.1. The van der Waals surface area contributed by atoms with Gasteiger partial charge in [-0.1, -0.05) is 31.3 Å². The van der Waals surface area contributed by atoms with Crippen molar-refractivity contribution in [2.24, 2.45) is 0 Å². The molecule has 15 heavy (non-hydrogen) atoms. The summed E-state index contributed by atoms with van der Waals surface area (Å²) in [6.45, 7) is 7.31. The van der Waals surface area contributed by atoms with Gasteiger partial charge >= 0.3 is 0 Å².